The smallest absolute Gasteiger partial charge is 0.181 e. The number of aryl methyl sites for hydroxylation is 2. The van der Waals surface area contributed by atoms with Crippen LogP contribution in [0.1, 0.15) is 85.7 Å². The predicted molar refractivity (Wildman–Crippen MR) is 206 cm³/mol. The number of fused-ring (bicyclic) bond motifs is 2. The average Bonchev–Trinajstić information content (AvgIpc) is 3.63. The van der Waals surface area contributed by atoms with Gasteiger partial charge in [0.25, 0.3) is 0 Å². The lowest BCUT2D eigenvalue weighted by Gasteiger charge is -2.15. The Morgan fingerprint density at radius 2 is 1.28 bits per heavy atom. The lowest BCUT2D eigenvalue weighted by atomic mass is 9.92. The monoisotopic (exact) mass is 661 g/mol. The number of pyridine rings is 2. The van der Waals surface area contributed by atoms with Crippen molar-refractivity contribution in [2.24, 2.45) is 10.2 Å². The number of hydrogen-bond donors (Lipinski definition) is 0. The van der Waals surface area contributed by atoms with Crippen molar-refractivity contribution in [1.82, 2.24) is 0 Å². The molecule has 254 valence electrons. The highest BCUT2D eigenvalue weighted by molar-refractivity contribution is 6.05. The molecule has 0 spiro atoms. The van der Waals surface area contributed by atoms with Crippen LogP contribution >= 0.6 is 0 Å². The Morgan fingerprint density at radius 1 is 0.680 bits per heavy atom. The maximum Gasteiger partial charge on any atom is 0.181 e. The van der Waals surface area contributed by atoms with Gasteiger partial charge in [0.05, 0.1) is 5.71 Å². The Bertz CT molecular complexity index is 2150. The molecule has 0 saturated carbocycles. The van der Waals surface area contributed by atoms with Crippen molar-refractivity contribution in [2.45, 2.75) is 93.2 Å². The number of nitrogens with zero attached hydrogens (tertiary/aromatic N) is 5. The fourth-order valence-electron chi connectivity index (χ4n) is 8.28. The molecule has 1 aliphatic carbocycles. The summed E-state index contributed by atoms with van der Waals surface area (Å²) in [4.78, 5) is 2.18. The van der Waals surface area contributed by atoms with Crippen molar-refractivity contribution in [3.8, 4) is 0 Å². The molecule has 3 aromatic carbocycles. The quantitative estimate of drug-likeness (QED) is 0.122. The van der Waals surface area contributed by atoms with Crippen LogP contribution in [-0.4, -0.2) is 18.6 Å². The zero-order valence-electron chi connectivity index (χ0n) is 31.1. The van der Waals surface area contributed by atoms with Gasteiger partial charge in [-0.1, -0.05) is 66.7 Å². The van der Waals surface area contributed by atoms with Gasteiger partial charge in [0.1, 0.15) is 12.4 Å². The molecule has 2 aromatic heterocycles. The van der Waals surface area contributed by atoms with E-state index in [0.29, 0.717) is 0 Å². The third kappa shape index (κ3) is 6.30. The molecular formula is C45H51N5+2. The normalized spacial score (nSPS) is 16.8. The van der Waals surface area contributed by atoms with E-state index in [9.17, 15) is 0 Å². The molecule has 5 heteroatoms. The minimum Gasteiger partial charge on any atom is -0.331 e. The number of para-hydroxylation sites is 1. The highest BCUT2D eigenvalue weighted by atomic mass is 15.3. The minimum absolute atomic E-state index is 0.234. The van der Waals surface area contributed by atoms with E-state index in [4.69, 9.17) is 10.2 Å². The Hall–Kier alpha value is -4.90. The third-order valence-corrected chi connectivity index (χ3v) is 11.6. The van der Waals surface area contributed by atoms with Crippen LogP contribution in [0.4, 0.5) is 5.69 Å². The van der Waals surface area contributed by atoms with Gasteiger partial charge in [-0.3, -0.25) is 0 Å². The topological polar surface area (TPSA) is 35.7 Å². The largest absolute Gasteiger partial charge is 0.331 e. The summed E-state index contributed by atoms with van der Waals surface area (Å²) in [5.74, 6) is 1.24. The van der Waals surface area contributed by atoms with E-state index >= 15 is 0 Å². The number of benzene rings is 3. The molecule has 3 heterocycles. The summed E-state index contributed by atoms with van der Waals surface area (Å²) in [5, 5.41) is 9.78. The van der Waals surface area contributed by atoms with Crippen LogP contribution in [0.15, 0.2) is 95.1 Å². The number of likely N-dealkylation sites (N-methyl/N-ethyl adjacent to an activating group) is 1. The van der Waals surface area contributed by atoms with E-state index in [1.807, 2.05) is 0 Å². The molecule has 0 N–H and O–H groups in total. The number of rotatable bonds is 8. The van der Waals surface area contributed by atoms with Gasteiger partial charge >= 0.3 is 0 Å². The number of amidine groups is 1. The molecule has 0 radical (unpaired) electrons. The van der Waals surface area contributed by atoms with Crippen LogP contribution in [0, 0.1) is 41.5 Å². The Labute approximate surface area is 298 Å². The Kier molecular flexibility index (Phi) is 9.26. The second-order valence-electron chi connectivity index (χ2n) is 14.5. The van der Waals surface area contributed by atoms with Gasteiger partial charge in [-0.05, 0) is 73.1 Å². The lowest BCUT2D eigenvalue weighted by molar-refractivity contribution is -0.705. The third-order valence-electron chi connectivity index (χ3n) is 11.6. The maximum absolute atomic E-state index is 4.94. The zero-order chi connectivity index (χ0) is 35.1. The second-order valence-corrected chi connectivity index (χ2v) is 14.5. The first-order chi connectivity index (χ1) is 24.1. The molecular weight excluding hydrogens is 611 g/mol. The Balaban J connectivity index is 1.09. The van der Waals surface area contributed by atoms with E-state index in [2.05, 4.69) is 154 Å². The summed E-state index contributed by atoms with van der Waals surface area (Å²) >= 11 is 0. The van der Waals surface area contributed by atoms with Crippen molar-refractivity contribution in [2.75, 3.05) is 11.9 Å². The van der Waals surface area contributed by atoms with E-state index in [1.54, 1.807) is 0 Å². The average molecular weight is 662 g/mol. The van der Waals surface area contributed by atoms with Gasteiger partial charge in [-0.2, -0.15) is 9.67 Å². The Morgan fingerprint density at radius 3 is 1.96 bits per heavy atom. The molecule has 1 unspecified atom stereocenters. The molecule has 7 rings (SSSR count). The van der Waals surface area contributed by atoms with Crippen LogP contribution in [0.25, 0.3) is 0 Å². The molecule has 1 aliphatic heterocycles. The maximum atomic E-state index is 4.94. The van der Waals surface area contributed by atoms with Crippen molar-refractivity contribution < 1.29 is 9.13 Å². The summed E-state index contributed by atoms with van der Waals surface area (Å²) in [7, 11) is 2.10. The highest BCUT2D eigenvalue weighted by Gasteiger charge is 2.30. The number of anilines is 1. The van der Waals surface area contributed by atoms with Crippen LogP contribution in [0.5, 0.6) is 0 Å². The molecule has 0 bridgehead atoms. The van der Waals surface area contributed by atoms with Gasteiger partial charge in [0.2, 0.25) is 0 Å². The molecule has 1 atom stereocenters. The van der Waals surface area contributed by atoms with Crippen molar-refractivity contribution in [3.05, 3.63) is 158 Å². The molecule has 50 heavy (non-hydrogen) atoms. The number of aromatic nitrogens is 2. The highest BCUT2D eigenvalue weighted by Crippen LogP contribution is 2.35. The second kappa shape index (κ2) is 13.8. The number of hydrogen-bond acceptors (Lipinski definition) is 2. The van der Waals surface area contributed by atoms with Crippen molar-refractivity contribution in [3.63, 3.8) is 0 Å². The standard InChI is InChI=1S/C45H51N5/c1-9-49-29(2)22-39(31(4)33(49)6)25-40-23-30(3)50(34(7)32(40)5)28-36-20-18-35(19-21-36)24-42-41-16-12-10-14-37(41)26-43(42)46-47-45-27-38-15-11-13-17-44(38)48(45)8/h10-23,42H,9,24-28H2,1-8H3/q+2/b46-43+,47-45-. The van der Waals surface area contributed by atoms with E-state index in [0.717, 1.165) is 50.3 Å². The predicted octanol–water partition coefficient (Wildman–Crippen LogP) is 8.10. The van der Waals surface area contributed by atoms with Crippen LogP contribution in [0.2, 0.25) is 0 Å². The van der Waals surface area contributed by atoms with Crippen LogP contribution in [0.3, 0.4) is 0 Å². The first kappa shape index (κ1) is 33.6. The molecule has 5 aromatic rings. The van der Waals surface area contributed by atoms with E-state index < -0.39 is 0 Å². The summed E-state index contributed by atoms with van der Waals surface area (Å²) in [6.07, 6.45) is 3.57. The summed E-state index contributed by atoms with van der Waals surface area (Å²) < 4.78 is 4.89. The van der Waals surface area contributed by atoms with Gasteiger partial charge in [-0.25, -0.2) is 4.57 Å². The summed E-state index contributed by atoms with van der Waals surface area (Å²) in [6, 6.07) is 31.4. The summed E-state index contributed by atoms with van der Waals surface area (Å²) in [6.45, 7) is 17.7. The van der Waals surface area contributed by atoms with Crippen molar-refractivity contribution >= 4 is 17.2 Å². The molecule has 2 aliphatic rings. The fourth-order valence-corrected chi connectivity index (χ4v) is 8.28. The van der Waals surface area contributed by atoms with E-state index in [1.165, 1.54) is 78.5 Å². The van der Waals surface area contributed by atoms with Gasteiger partial charge in [0, 0.05) is 88.0 Å². The summed E-state index contributed by atoms with van der Waals surface area (Å²) in [5.41, 5.74) is 20.1. The van der Waals surface area contributed by atoms with Crippen LogP contribution in [-0.2, 0) is 38.8 Å². The first-order valence-electron chi connectivity index (χ1n) is 18.2. The van der Waals surface area contributed by atoms with Crippen molar-refractivity contribution in [1.29, 1.82) is 0 Å². The van der Waals surface area contributed by atoms with E-state index in [-0.39, 0.29) is 5.92 Å². The zero-order valence-corrected chi connectivity index (χ0v) is 31.1. The first-order valence-corrected chi connectivity index (χ1v) is 18.2. The van der Waals surface area contributed by atoms with Gasteiger partial charge in [0.15, 0.2) is 29.3 Å². The van der Waals surface area contributed by atoms with Gasteiger partial charge < -0.3 is 4.90 Å². The minimum atomic E-state index is 0.234. The lowest BCUT2D eigenvalue weighted by Crippen LogP contribution is -2.42. The fraction of sp³-hybridized carbons (Fsp3) is 0.333. The molecule has 5 nitrogen and oxygen atoms in total. The molecule has 0 amide bonds. The molecule has 0 saturated heterocycles. The molecule has 0 fully saturated rings. The van der Waals surface area contributed by atoms with Gasteiger partial charge in [-0.15, -0.1) is 5.10 Å². The SMILES string of the molecule is CC[n+]1c(C)cc(Cc2cc(C)[n+](Cc3ccc(CC4/C(=N/N=C5/Cc6ccccc6N5C)Cc5ccccc54)cc3)c(C)c2C)c(C)c1C. The van der Waals surface area contributed by atoms with Crippen LogP contribution < -0.4 is 14.0 Å².